The summed E-state index contributed by atoms with van der Waals surface area (Å²) in [5, 5.41) is 0. The molecule has 6 nitrogen and oxygen atoms in total. The molecule has 0 fully saturated rings. The first-order valence-electron chi connectivity index (χ1n) is 7.76. The maximum absolute atomic E-state index is 12.2. The van der Waals surface area contributed by atoms with Gasteiger partial charge in [-0.25, -0.2) is 4.98 Å². The Morgan fingerprint density at radius 2 is 1.91 bits per heavy atom. The van der Waals surface area contributed by atoms with E-state index in [2.05, 4.69) is 14.3 Å². The van der Waals surface area contributed by atoms with Gasteiger partial charge in [0.25, 0.3) is 10.2 Å². The SMILES string of the molecule is CCN(CC)S(=O)(=O)NCc1cccc(Cn2ccnc2C)c1. The highest BCUT2D eigenvalue weighted by atomic mass is 32.2. The smallest absolute Gasteiger partial charge is 0.279 e. The summed E-state index contributed by atoms with van der Waals surface area (Å²) in [5.74, 6) is 0.956. The zero-order chi connectivity index (χ0) is 16.9. The average molecular weight is 336 g/mol. The fourth-order valence-electron chi connectivity index (χ4n) is 2.43. The molecule has 0 aliphatic rings. The topological polar surface area (TPSA) is 67.2 Å². The molecule has 1 heterocycles. The lowest BCUT2D eigenvalue weighted by Gasteiger charge is -2.19. The number of aromatic nitrogens is 2. The van der Waals surface area contributed by atoms with Crippen molar-refractivity contribution < 1.29 is 8.42 Å². The highest BCUT2D eigenvalue weighted by molar-refractivity contribution is 7.87. The molecule has 126 valence electrons. The fourth-order valence-corrected chi connectivity index (χ4v) is 3.65. The molecular formula is C16H24N4O2S. The van der Waals surface area contributed by atoms with Crippen LogP contribution in [0.3, 0.4) is 0 Å². The Balaban J connectivity index is 2.04. The Morgan fingerprint density at radius 3 is 2.52 bits per heavy atom. The molecule has 0 spiro atoms. The molecule has 0 unspecified atom stereocenters. The molecule has 1 aromatic heterocycles. The molecule has 0 bridgehead atoms. The second-order valence-corrected chi connectivity index (χ2v) is 7.09. The predicted molar refractivity (Wildman–Crippen MR) is 91.2 cm³/mol. The van der Waals surface area contributed by atoms with Crippen LogP contribution < -0.4 is 4.72 Å². The van der Waals surface area contributed by atoms with Crippen LogP contribution in [-0.4, -0.2) is 35.4 Å². The van der Waals surface area contributed by atoms with E-state index in [1.165, 1.54) is 4.31 Å². The Hall–Kier alpha value is -1.70. The quantitative estimate of drug-likeness (QED) is 0.801. The van der Waals surface area contributed by atoms with Crippen molar-refractivity contribution in [1.82, 2.24) is 18.6 Å². The van der Waals surface area contributed by atoms with E-state index in [4.69, 9.17) is 0 Å². The zero-order valence-corrected chi connectivity index (χ0v) is 14.7. The summed E-state index contributed by atoms with van der Waals surface area (Å²) in [5.41, 5.74) is 2.06. The van der Waals surface area contributed by atoms with E-state index in [0.29, 0.717) is 13.1 Å². The van der Waals surface area contributed by atoms with Gasteiger partial charge in [0.05, 0.1) is 0 Å². The molecule has 2 rings (SSSR count). The van der Waals surface area contributed by atoms with Gasteiger partial charge >= 0.3 is 0 Å². The first kappa shape index (κ1) is 17.7. The van der Waals surface area contributed by atoms with Crippen LogP contribution in [0.2, 0.25) is 0 Å². The van der Waals surface area contributed by atoms with Crippen LogP contribution in [0.25, 0.3) is 0 Å². The second-order valence-electron chi connectivity index (χ2n) is 5.33. The minimum Gasteiger partial charge on any atom is -0.331 e. The number of benzene rings is 1. The normalized spacial score (nSPS) is 12.0. The van der Waals surface area contributed by atoms with E-state index >= 15 is 0 Å². The van der Waals surface area contributed by atoms with Crippen LogP contribution in [0, 0.1) is 6.92 Å². The van der Waals surface area contributed by atoms with E-state index in [9.17, 15) is 8.42 Å². The number of hydrogen-bond donors (Lipinski definition) is 1. The molecule has 0 radical (unpaired) electrons. The van der Waals surface area contributed by atoms with Crippen LogP contribution in [0.5, 0.6) is 0 Å². The minimum atomic E-state index is -3.42. The van der Waals surface area contributed by atoms with Gasteiger partial charge in [-0.2, -0.15) is 17.4 Å². The average Bonchev–Trinajstić information content (AvgIpc) is 2.92. The Bertz CT molecular complexity index is 736. The Kier molecular flexibility index (Phi) is 5.92. The van der Waals surface area contributed by atoms with Crippen molar-refractivity contribution in [3.05, 3.63) is 53.6 Å². The van der Waals surface area contributed by atoms with Crippen LogP contribution in [0.15, 0.2) is 36.7 Å². The summed E-state index contributed by atoms with van der Waals surface area (Å²) < 4.78 is 30.4. The zero-order valence-electron chi connectivity index (χ0n) is 13.9. The van der Waals surface area contributed by atoms with E-state index < -0.39 is 10.2 Å². The monoisotopic (exact) mass is 336 g/mol. The highest BCUT2D eigenvalue weighted by Gasteiger charge is 2.17. The van der Waals surface area contributed by atoms with Gasteiger partial charge in [-0.3, -0.25) is 0 Å². The number of hydrogen-bond acceptors (Lipinski definition) is 3. The lowest BCUT2D eigenvalue weighted by atomic mass is 10.1. The maximum atomic E-state index is 12.2. The maximum Gasteiger partial charge on any atom is 0.279 e. The second kappa shape index (κ2) is 7.72. The van der Waals surface area contributed by atoms with Crippen molar-refractivity contribution in [3.63, 3.8) is 0 Å². The Labute approximate surface area is 138 Å². The summed E-state index contributed by atoms with van der Waals surface area (Å²) in [4.78, 5) is 4.21. The number of nitrogens with zero attached hydrogens (tertiary/aromatic N) is 3. The van der Waals surface area contributed by atoms with E-state index in [1.54, 1.807) is 6.20 Å². The molecule has 0 aliphatic heterocycles. The van der Waals surface area contributed by atoms with Crippen LogP contribution in [0.4, 0.5) is 0 Å². The van der Waals surface area contributed by atoms with Crippen LogP contribution in [0.1, 0.15) is 30.8 Å². The molecule has 23 heavy (non-hydrogen) atoms. The molecule has 0 amide bonds. The molecule has 0 saturated carbocycles. The third kappa shape index (κ3) is 4.63. The summed E-state index contributed by atoms with van der Waals surface area (Å²) in [6.45, 7) is 7.56. The molecule has 1 N–H and O–H groups in total. The Morgan fingerprint density at radius 1 is 1.22 bits per heavy atom. The lowest BCUT2D eigenvalue weighted by molar-refractivity contribution is 0.434. The largest absolute Gasteiger partial charge is 0.331 e. The highest BCUT2D eigenvalue weighted by Crippen LogP contribution is 2.09. The minimum absolute atomic E-state index is 0.287. The van der Waals surface area contributed by atoms with Crippen molar-refractivity contribution in [2.45, 2.75) is 33.9 Å². The first-order valence-corrected chi connectivity index (χ1v) is 9.20. The van der Waals surface area contributed by atoms with Crippen molar-refractivity contribution in [1.29, 1.82) is 0 Å². The molecule has 7 heteroatoms. The lowest BCUT2D eigenvalue weighted by Crippen LogP contribution is -2.40. The van der Waals surface area contributed by atoms with Crippen LogP contribution in [-0.2, 0) is 23.3 Å². The summed E-state index contributed by atoms with van der Waals surface area (Å²) in [6.07, 6.45) is 3.71. The van der Waals surface area contributed by atoms with Gasteiger partial charge in [-0.15, -0.1) is 0 Å². The number of imidazole rings is 1. The van der Waals surface area contributed by atoms with Gasteiger partial charge in [0.15, 0.2) is 0 Å². The number of nitrogens with one attached hydrogen (secondary N) is 1. The van der Waals surface area contributed by atoms with Crippen molar-refractivity contribution >= 4 is 10.2 Å². The number of aryl methyl sites for hydroxylation is 1. The summed E-state index contributed by atoms with van der Waals surface area (Å²) in [6, 6.07) is 7.92. The molecular weight excluding hydrogens is 312 g/mol. The molecule has 0 aliphatic carbocycles. The molecule has 0 saturated heterocycles. The van der Waals surface area contributed by atoms with Gasteiger partial charge in [0, 0.05) is 38.6 Å². The third-order valence-electron chi connectivity index (χ3n) is 3.77. The van der Waals surface area contributed by atoms with Gasteiger partial charge < -0.3 is 4.57 Å². The molecule has 1 aromatic carbocycles. The van der Waals surface area contributed by atoms with Crippen molar-refractivity contribution in [3.8, 4) is 0 Å². The van der Waals surface area contributed by atoms with Gasteiger partial charge in [0.2, 0.25) is 0 Å². The summed E-state index contributed by atoms with van der Waals surface area (Å²) in [7, 11) is -3.42. The standard InChI is InChI=1S/C16H24N4O2S/c1-4-20(5-2)23(21,22)18-12-15-7-6-8-16(11-15)13-19-10-9-17-14(19)3/h6-11,18H,4-5,12-13H2,1-3H3. The number of rotatable bonds is 8. The first-order chi connectivity index (χ1) is 11.0. The van der Waals surface area contributed by atoms with Gasteiger partial charge in [-0.1, -0.05) is 38.1 Å². The van der Waals surface area contributed by atoms with E-state index in [1.807, 2.05) is 51.2 Å². The fraction of sp³-hybridized carbons (Fsp3) is 0.438. The van der Waals surface area contributed by atoms with Crippen LogP contribution >= 0.6 is 0 Å². The summed E-state index contributed by atoms with van der Waals surface area (Å²) >= 11 is 0. The van der Waals surface area contributed by atoms with Gasteiger partial charge in [-0.05, 0) is 18.1 Å². The third-order valence-corrected chi connectivity index (χ3v) is 5.48. The molecule has 0 atom stereocenters. The van der Waals surface area contributed by atoms with E-state index in [0.717, 1.165) is 23.5 Å². The van der Waals surface area contributed by atoms with Gasteiger partial charge in [0.1, 0.15) is 5.82 Å². The van der Waals surface area contributed by atoms with E-state index in [-0.39, 0.29) is 6.54 Å². The van der Waals surface area contributed by atoms with Crippen molar-refractivity contribution in [2.24, 2.45) is 0 Å². The van der Waals surface area contributed by atoms with Crippen molar-refractivity contribution in [2.75, 3.05) is 13.1 Å². The predicted octanol–water partition coefficient (Wildman–Crippen LogP) is 1.92. The molecule has 2 aromatic rings.